The van der Waals surface area contributed by atoms with E-state index in [4.69, 9.17) is 4.74 Å². The fourth-order valence-corrected chi connectivity index (χ4v) is 4.47. The summed E-state index contributed by atoms with van der Waals surface area (Å²) in [5.41, 5.74) is 1.55. The zero-order valence-corrected chi connectivity index (χ0v) is 13.7. The van der Waals surface area contributed by atoms with Crippen molar-refractivity contribution in [2.45, 2.75) is 30.2 Å². The molecule has 1 fully saturated rings. The minimum Gasteiger partial charge on any atom is -0.378 e. The summed E-state index contributed by atoms with van der Waals surface area (Å²) in [7, 11) is 0. The van der Waals surface area contributed by atoms with Crippen LogP contribution in [0.3, 0.4) is 0 Å². The van der Waals surface area contributed by atoms with Crippen LogP contribution in [0.2, 0.25) is 0 Å². The number of benzene rings is 1. The monoisotopic (exact) mass is 306 g/mol. The SMILES string of the molecule is CCCNCC1COCCN1CC1CSc2ccccc21. The molecule has 1 aromatic rings. The summed E-state index contributed by atoms with van der Waals surface area (Å²) < 4.78 is 5.69. The first-order valence-corrected chi connectivity index (χ1v) is 9.11. The van der Waals surface area contributed by atoms with Crippen LogP contribution in [0.15, 0.2) is 29.2 Å². The topological polar surface area (TPSA) is 24.5 Å². The molecule has 2 aliphatic rings. The van der Waals surface area contributed by atoms with Gasteiger partial charge in [-0.15, -0.1) is 11.8 Å². The Kier molecular flexibility index (Phi) is 5.58. The van der Waals surface area contributed by atoms with E-state index in [2.05, 4.69) is 41.4 Å². The molecule has 2 atom stereocenters. The molecule has 21 heavy (non-hydrogen) atoms. The highest BCUT2D eigenvalue weighted by Gasteiger charge is 2.29. The lowest BCUT2D eigenvalue weighted by atomic mass is 10.00. The fraction of sp³-hybridized carbons (Fsp3) is 0.647. The third-order valence-electron chi connectivity index (χ3n) is 4.41. The molecule has 1 saturated heterocycles. The van der Waals surface area contributed by atoms with E-state index in [1.54, 1.807) is 5.56 Å². The van der Waals surface area contributed by atoms with E-state index >= 15 is 0 Å². The quantitative estimate of drug-likeness (QED) is 0.817. The van der Waals surface area contributed by atoms with Crippen LogP contribution in [0.25, 0.3) is 0 Å². The van der Waals surface area contributed by atoms with Crippen LogP contribution in [-0.2, 0) is 4.74 Å². The number of rotatable bonds is 6. The van der Waals surface area contributed by atoms with Gasteiger partial charge >= 0.3 is 0 Å². The average Bonchev–Trinajstić information content (AvgIpc) is 2.93. The summed E-state index contributed by atoms with van der Waals surface area (Å²) in [4.78, 5) is 4.12. The zero-order valence-electron chi connectivity index (χ0n) is 12.9. The lowest BCUT2D eigenvalue weighted by Gasteiger charge is -2.37. The molecule has 0 bridgehead atoms. The summed E-state index contributed by atoms with van der Waals surface area (Å²) >= 11 is 2.01. The highest BCUT2D eigenvalue weighted by Crippen LogP contribution is 2.39. The number of ether oxygens (including phenoxy) is 1. The molecule has 3 nitrogen and oxygen atoms in total. The van der Waals surface area contributed by atoms with Crippen LogP contribution < -0.4 is 5.32 Å². The number of thioether (sulfide) groups is 1. The molecule has 2 aliphatic heterocycles. The van der Waals surface area contributed by atoms with Gasteiger partial charge in [0.1, 0.15) is 0 Å². The summed E-state index contributed by atoms with van der Waals surface area (Å²) in [5, 5.41) is 3.55. The molecule has 0 radical (unpaired) electrons. The molecule has 2 unspecified atom stereocenters. The van der Waals surface area contributed by atoms with Gasteiger partial charge in [-0.2, -0.15) is 0 Å². The Bertz CT molecular complexity index is 454. The van der Waals surface area contributed by atoms with Crippen molar-refractivity contribution in [3.05, 3.63) is 29.8 Å². The second kappa shape index (κ2) is 7.63. The first kappa shape index (κ1) is 15.3. The first-order chi connectivity index (χ1) is 10.4. The second-order valence-corrected chi connectivity index (χ2v) is 7.04. The van der Waals surface area contributed by atoms with E-state index in [0.29, 0.717) is 12.0 Å². The lowest BCUT2D eigenvalue weighted by molar-refractivity contribution is -0.00854. The van der Waals surface area contributed by atoms with Crippen molar-refractivity contribution in [3.63, 3.8) is 0 Å². The van der Waals surface area contributed by atoms with Crippen molar-refractivity contribution in [1.29, 1.82) is 0 Å². The Balaban J connectivity index is 1.60. The predicted octanol–water partition coefficient (Wildman–Crippen LogP) is 2.58. The Morgan fingerprint density at radius 1 is 1.38 bits per heavy atom. The van der Waals surface area contributed by atoms with Crippen LogP contribution in [0.5, 0.6) is 0 Å². The van der Waals surface area contributed by atoms with E-state index in [1.165, 1.54) is 23.6 Å². The Labute approximate surface area is 132 Å². The highest BCUT2D eigenvalue weighted by atomic mass is 32.2. The Morgan fingerprint density at radius 3 is 3.19 bits per heavy atom. The molecule has 4 heteroatoms. The number of nitrogens with one attached hydrogen (secondary N) is 1. The molecule has 0 spiro atoms. The second-order valence-electron chi connectivity index (χ2n) is 5.97. The van der Waals surface area contributed by atoms with Crippen molar-refractivity contribution in [2.75, 3.05) is 45.1 Å². The molecular weight excluding hydrogens is 280 g/mol. The Morgan fingerprint density at radius 2 is 2.29 bits per heavy atom. The molecule has 1 aromatic carbocycles. The molecule has 1 N–H and O–H groups in total. The highest BCUT2D eigenvalue weighted by molar-refractivity contribution is 7.99. The van der Waals surface area contributed by atoms with E-state index in [1.807, 2.05) is 11.8 Å². The summed E-state index contributed by atoms with van der Waals surface area (Å²) in [5.74, 6) is 1.91. The van der Waals surface area contributed by atoms with Gasteiger partial charge in [-0.05, 0) is 24.6 Å². The number of morpholine rings is 1. The summed E-state index contributed by atoms with van der Waals surface area (Å²) in [6, 6.07) is 9.44. The van der Waals surface area contributed by atoms with E-state index in [-0.39, 0.29) is 0 Å². The van der Waals surface area contributed by atoms with Gasteiger partial charge in [0.2, 0.25) is 0 Å². The van der Waals surface area contributed by atoms with Crippen molar-refractivity contribution >= 4 is 11.8 Å². The van der Waals surface area contributed by atoms with Crippen molar-refractivity contribution in [2.24, 2.45) is 0 Å². The maximum atomic E-state index is 5.69. The van der Waals surface area contributed by atoms with Crippen LogP contribution >= 0.6 is 11.8 Å². The van der Waals surface area contributed by atoms with Crippen molar-refractivity contribution in [3.8, 4) is 0 Å². The standard InChI is InChI=1S/C17H26N2OS/c1-2-7-18-10-15-12-20-9-8-19(15)11-14-13-21-17-6-4-3-5-16(14)17/h3-6,14-15,18H,2,7-13H2,1H3. The maximum absolute atomic E-state index is 5.69. The van der Waals surface area contributed by atoms with Gasteiger partial charge in [-0.25, -0.2) is 0 Å². The molecule has 0 aliphatic carbocycles. The zero-order chi connectivity index (χ0) is 14.5. The number of fused-ring (bicyclic) bond motifs is 1. The minimum absolute atomic E-state index is 0.531. The van der Waals surface area contributed by atoms with E-state index in [0.717, 1.165) is 32.8 Å². The van der Waals surface area contributed by atoms with Crippen molar-refractivity contribution in [1.82, 2.24) is 10.2 Å². The van der Waals surface area contributed by atoms with Gasteiger partial charge in [0.25, 0.3) is 0 Å². The van der Waals surface area contributed by atoms with Crippen LogP contribution in [0, 0.1) is 0 Å². The molecule has 2 heterocycles. The van der Waals surface area contributed by atoms with E-state index < -0.39 is 0 Å². The van der Waals surface area contributed by atoms with Gasteiger partial charge in [0.15, 0.2) is 0 Å². The van der Waals surface area contributed by atoms with Gasteiger partial charge in [0, 0.05) is 42.2 Å². The summed E-state index contributed by atoms with van der Waals surface area (Å²) in [6.45, 7) is 8.37. The van der Waals surface area contributed by atoms with Gasteiger partial charge in [0.05, 0.1) is 13.2 Å². The Hall–Kier alpha value is -0.550. The third-order valence-corrected chi connectivity index (χ3v) is 5.66. The molecule has 0 amide bonds. The fourth-order valence-electron chi connectivity index (χ4n) is 3.23. The average molecular weight is 306 g/mol. The van der Waals surface area contributed by atoms with Gasteiger partial charge in [-0.3, -0.25) is 4.90 Å². The van der Waals surface area contributed by atoms with E-state index in [9.17, 15) is 0 Å². The molecule has 116 valence electrons. The first-order valence-electron chi connectivity index (χ1n) is 8.12. The van der Waals surface area contributed by atoms with Gasteiger partial charge < -0.3 is 10.1 Å². The predicted molar refractivity (Wildman–Crippen MR) is 89.2 cm³/mol. The minimum atomic E-state index is 0.531. The van der Waals surface area contributed by atoms with Crippen LogP contribution in [-0.4, -0.2) is 56.1 Å². The maximum Gasteiger partial charge on any atom is 0.0634 e. The molecule has 0 saturated carbocycles. The summed E-state index contributed by atoms with van der Waals surface area (Å²) in [6.07, 6.45) is 1.19. The van der Waals surface area contributed by atoms with Gasteiger partial charge in [-0.1, -0.05) is 25.1 Å². The molecular formula is C17H26N2OS. The number of hydrogen-bond donors (Lipinski definition) is 1. The smallest absolute Gasteiger partial charge is 0.0634 e. The molecule has 3 rings (SSSR count). The number of hydrogen-bond acceptors (Lipinski definition) is 4. The lowest BCUT2D eigenvalue weighted by Crippen LogP contribution is -2.51. The molecule has 0 aromatic heterocycles. The third kappa shape index (κ3) is 3.81. The largest absolute Gasteiger partial charge is 0.378 e. The van der Waals surface area contributed by atoms with Crippen LogP contribution in [0.1, 0.15) is 24.8 Å². The number of nitrogens with zero attached hydrogens (tertiary/aromatic N) is 1. The van der Waals surface area contributed by atoms with Crippen LogP contribution in [0.4, 0.5) is 0 Å². The van der Waals surface area contributed by atoms with Crippen molar-refractivity contribution < 1.29 is 4.74 Å². The normalized spacial score (nSPS) is 26.0.